The van der Waals surface area contributed by atoms with Gasteiger partial charge in [-0.2, -0.15) is 0 Å². The predicted octanol–water partition coefficient (Wildman–Crippen LogP) is 4.91. The molecule has 3 heteroatoms. The van der Waals surface area contributed by atoms with E-state index < -0.39 is 8.32 Å². The molecule has 1 aliphatic rings. The first-order valence-corrected chi connectivity index (χ1v) is 10.6. The van der Waals surface area contributed by atoms with Crippen molar-refractivity contribution in [1.82, 2.24) is 0 Å². The Balaban J connectivity index is 2.46. The smallest absolute Gasteiger partial charge is 0.192 e. The molecule has 2 nitrogen and oxygen atoms in total. The van der Waals surface area contributed by atoms with Crippen LogP contribution in [0.3, 0.4) is 0 Å². The van der Waals surface area contributed by atoms with E-state index in [0.717, 1.165) is 13.0 Å². The van der Waals surface area contributed by atoms with Gasteiger partial charge in [-0.1, -0.05) is 46.6 Å². The molecule has 19 heavy (non-hydrogen) atoms. The van der Waals surface area contributed by atoms with Crippen LogP contribution < -0.4 is 0 Å². The summed E-state index contributed by atoms with van der Waals surface area (Å²) in [7, 11) is -1.66. The zero-order chi connectivity index (χ0) is 14.7. The third kappa shape index (κ3) is 4.73. The first-order valence-electron chi connectivity index (χ1n) is 7.65. The van der Waals surface area contributed by atoms with Crippen molar-refractivity contribution in [3.63, 3.8) is 0 Å². The maximum Gasteiger partial charge on any atom is 0.192 e. The van der Waals surface area contributed by atoms with E-state index in [2.05, 4.69) is 53.8 Å². The summed E-state index contributed by atoms with van der Waals surface area (Å²) >= 11 is 0. The molecule has 0 spiro atoms. The van der Waals surface area contributed by atoms with Gasteiger partial charge in [-0.25, -0.2) is 0 Å². The Bertz CT molecular complexity index is 315. The molecule has 0 aromatic carbocycles. The van der Waals surface area contributed by atoms with Gasteiger partial charge in [0.05, 0.1) is 12.7 Å². The molecule has 112 valence electrons. The monoisotopic (exact) mass is 284 g/mol. The van der Waals surface area contributed by atoms with Crippen LogP contribution in [0, 0.1) is 0 Å². The van der Waals surface area contributed by atoms with Gasteiger partial charge in [0.25, 0.3) is 0 Å². The first kappa shape index (κ1) is 16.9. The Hall–Kier alpha value is -0.123. The summed E-state index contributed by atoms with van der Waals surface area (Å²) in [5.41, 5.74) is 1.35. The van der Waals surface area contributed by atoms with Crippen LogP contribution in [0.5, 0.6) is 0 Å². The summed E-state index contributed by atoms with van der Waals surface area (Å²) in [6, 6.07) is 0. The first-order chi connectivity index (χ1) is 8.67. The quantitative estimate of drug-likeness (QED) is 0.509. The third-order valence-electron chi connectivity index (χ3n) is 4.54. The van der Waals surface area contributed by atoms with Crippen molar-refractivity contribution in [2.75, 3.05) is 6.61 Å². The molecule has 0 aromatic heterocycles. The lowest BCUT2D eigenvalue weighted by atomic mass is 10.1. The zero-order valence-electron chi connectivity index (χ0n) is 13.9. The summed E-state index contributed by atoms with van der Waals surface area (Å²) < 4.78 is 12.4. The molecule has 0 aromatic rings. The highest BCUT2D eigenvalue weighted by Gasteiger charge is 2.38. The lowest BCUT2D eigenvalue weighted by Gasteiger charge is -2.37. The van der Waals surface area contributed by atoms with Crippen LogP contribution in [0.4, 0.5) is 0 Å². The zero-order valence-corrected chi connectivity index (χ0v) is 14.9. The van der Waals surface area contributed by atoms with Crippen molar-refractivity contribution < 1.29 is 9.16 Å². The van der Waals surface area contributed by atoms with E-state index in [1.807, 2.05) is 0 Å². The van der Waals surface area contributed by atoms with Crippen molar-refractivity contribution >= 4 is 8.32 Å². The van der Waals surface area contributed by atoms with E-state index in [4.69, 9.17) is 9.16 Å². The molecule has 2 atom stereocenters. The van der Waals surface area contributed by atoms with E-state index in [-0.39, 0.29) is 11.1 Å². The van der Waals surface area contributed by atoms with Gasteiger partial charge in [0.1, 0.15) is 6.10 Å². The van der Waals surface area contributed by atoms with Crippen LogP contribution in [0.15, 0.2) is 11.6 Å². The molecule has 1 aliphatic heterocycles. The van der Waals surface area contributed by atoms with Crippen molar-refractivity contribution in [2.45, 2.75) is 84.2 Å². The normalized spacial score (nSPS) is 24.7. The molecule has 0 radical (unpaired) electrons. The number of ether oxygens (including phenoxy) is 1. The fourth-order valence-corrected chi connectivity index (χ4v) is 2.99. The van der Waals surface area contributed by atoms with E-state index in [1.54, 1.807) is 0 Å². The Morgan fingerprint density at radius 1 is 1.32 bits per heavy atom. The largest absolute Gasteiger partial charge is 0.414 e. The molecule has 0 amide bonds. The third-order valence-corrected chi connectivity index (χ3v) is 9.04. The molecule has 1 rings (SSSR count). The molecule has 0 aliphatic carbocycles. The number of hydrogen-bond acceptors (Lipinski definition) is 2. The molecule has 0 fully saturated rings. The lowest BCUT2D eigenvalue weighted by Crippen LogP contribution is -2.42. The summed E-state index contributed by atoms with van der Waals surface area (Å²) in [5, 5.41) is 0.269. The minimum Gasteiger partial charge on any atom is -0.414 e. The molecule has 0 saturated heterocycles. The highest BCUT2D eigenvalue weighted by molar-refractivity contribution is 6.74. The Morgan fingerprint density at radius 3 is 2.47 bits per heavy atom. The molecule has 0 saturated carbocycles. The summed E-state index contributed by atoms with van der Waals surface area (Å²) in [5.74, 6) is 0. The SMILES string of the molecule is CCCC[C@@H]1C=C(C)[C@H](CO[Si](C)(C)C(C)(C)C)O1. The summed E-state index contributed by atoms with van der Waals surface area (Å²) in [6.45, 7) is 16.6. The standard InChI is InChI=1S/C16H32O2Si/c1-8-9-10-14-11-13(2)15(18-14)12-17-19(6,7)16(3,4)5/h11,14-15H,8-10,12H2,1-7H3/t14-,15+/m1/s1. The van der Waals surface area contributed by atoms with Crippen molar-refractivity contribution in [1.29, 1.82) is 0 Å². The minimum atomic E-state index is -1.66. The number of rotatable bonds is 6. The van der Waals surface area contributed by atoms with Crippen LogP contribution >= 0.6 is 0 Å². The van der Waals surface area contributed by atoms with Crippen LogP contribution in [-0.2, 0) is 9.16 Å². The topological polar surface area (TPSA) is 18.5 Å². The van der Waals surface area contributed by atoms with E-state index in [0.29, 0.717) is 6.10 Å². The van der Waals surface area contributed by atoms with Gasteiger partial charge in [-0.3, -0.25) is 0 Å². The second-order valence-electron chi connectivity index (χ2n) is 7.29. The second kappa shape index (κ2) is 6.55. The minimum absolute atomic E-state index is 0.177. The van der Waals surface area contributed by atoms with Gasteiger partial charge in [0.2, 0.25) is 0 Å². The molecular formula is C16H32O2Si. The van der Waals surface area contributed by atoms with E-state index >= 15 is 0 Å². The van der Waals surface area contributed by atoms with Crippen LogP contribution in [0.2, 0.25) is 18.1 Å². The van der Waals surface area contributed by atoms with Gasteiger partial charge < -0.3 is 9.16 Å². The fourth-order valence-electron chi connectivity index (χ4n) is 1.99. The second-order valence-corrected chi connectivity index (χ2v) is 12.1. The van der Waals surface area contributed by atoms with Crippen molar-refractivity contribution in [2.24, 2.45) is 0 Å². The molecule has 0 unspecified atom stereocenters. The summed E-state index contributed by atoms with van der Waals surface area (Å²) in [6.07, 6.45) is 6.39. The van der Waals surface area contributed by atoms with E-state index in [1.165, 1.54) is 18.4 Å². The van der Waals surface area contributed by atoms with Crippen LogP contribution in [0.1, 0.15) is 53.9 Å². The molecule has 0 N–H and O–H groups in total. The lowest BCUT2D eigenvalue weighted by molar-refractivity contribution is 0.0204. The fraction of sp³-hybridized carbons (Fsp3) is 0.875. The number of hydrogen-bond donors (Lipinski definition) is 0. The Morgan fingerprint density at radius 2 is 1.95 bits per heavy atom. The number of unbranched alkanes of at least 4 members (excludes halogenated alkanes) is 1. The maximum atomic E-state index is 6.27. The Labute approximate surface area is 120 Å². The average molecular weight is 285 g/mol. The highest BCUT2D eigenvalue weighted by Crippen LogP contribution is 2.37. The van der Waals surface area contributed by atoms with Gasteiger partial charge >= 0.3 is 0 Å². The Kier molecular flexibility index (Phi) is 5.84. The molecule has 0 bridgehead atoms. The maximum absolute atomic E-state index is 6.27. The highest BCUT2D eigenvalue weighted by atomic mass is 28.4. The molecular weight excluding hydrogens is 252 g/mol. The van der Waals surface area contributed by atoms with Gasteiger partial charge in [0, 0.05) is 0 Å². The van der Waals surface area contributed by atoms with Gasteiger partial charge in [-0.15, -0.1) is 0 Å². The predicted molar refractivity (Wildman–Crippen MR) is 85.1 cm³/mol. The molecule has 1 heterocycles. The summed E-state index contributed by atoms with van der Waals surface area (Å²) in [4.78, 5) is 0. The van der Waals surface area contributed by atoms with Crippen LogP contribution in [0.25, 0.3) is 0 Å². The van der Waals surface area contributed by atoms with Crippen LogP contribution in [-0.4, -0.2) is 27.1 Å². The van der Waals surface area contributed by atoms with Gasteiger partial charge in [0.15, 0.2) is 8.32 Å². The average Bonchev–Trinajstić information content (AvgIpc) is 2.63. The van der Waals surface area contributed by atoms with Gasteiger partial charge in [-0.05, 0) is 37.0 Å². The van der Waals surface area contributed by atoms with E-state index in [9.17, 15) is 0 Å². The van der Waals surface area contributed by atoms with Crippen molar-refractivity contribution in [3.05, 3.63) is 11.6 Å². The van der Waals surface area contributed by atoms with Crippen molar-refractivity contribution in [3.8, 4) is 0 Å².